The second kappa shape index (κ2) is 2.64. The SMILES string of the molecule is O=C1OC[C@@H]2[C@@H](c3ccccc3Cl)N12. The Bertz CT molecular complexity index is 407. The number of halogens is 1. The quantitative estimate of drug-likeness (QED) is 0.664. The highest BCUT2D eigenvalue weighted by Gasteiger charge is 2.58. The molecule has 2 saturated heterocycles. The van der Waals surface area contributed by atoms with E-state index in [1.807, 2.05) is 24.3 Å². The van der Waals surface area contributed by atoms with Gasteiger partial charge in [0, 0.05) is 5.02 Å². The number of nitrogens with zero attached hydrogens (tertiary/aromatic N) is 1. The third-order valence-corrected chi connectivity index (χ3v) is 3.09. The molecule has 0 bridgehead atoms. The molecule has 3 rings (SSSR count). The molecule has 0 aliphatic carbocycles. The molecule has 2 fully saturated rings. The first-order chi connectivity index (χ1) is 6.79. The fraction of sp³-hybridized carbons (Fsp3) is 0.300. The predicted molar refractivity (Wildman–Crippen MR) is 51.2 cm³/mol. The Balaban J connectivity index is 1.93. The van der Waals surface area contributed by atoms with E-state index in [0.717, 1.165) is 10.6 Å². The van der Waals surface area contributed by atoms with E-state index in [0.29, 0.717) is 6.61 Å². The van der Waals surface area contributed by atoms with Crippen molar-refractivity contribution in [2.45, 2.75) is 12.1 Å². The lowest BCUT2D eigenvalue weighted by Gasteiger charge is -2.05. The van der Waals surface area contributed by atoms with Crippen LogP contribution < -0.4 is 0 Å². The van der Waals surface area contributed by atoms with Crippen LogP contribution in [-0.2, 0) is 4.74 Å². The van der Waals surface area contributed by atoms with Gasteiger partial charge in [0.25, 0.3) is 0 Å². The molecule has 0 unspecified atom stereocenters. The summed E-state index contributed by atoms with van der Waals surface area (Å²) in [6.07, 6.45) is -0.222. The van der Waals surface area contributed by atoms with Gasteiger partial charge in [-0.25, -0.2) is 4.79 Å². The number of ether oxygens (including phenoxy) is 1. The van der Waals surface area contributed by atoms with Crippen LogP contribution in [0.15, 0.2) is 24.3 Å². The van der Waals surface area contributed by atoms with E-state index in [1.165, 1.54) is 0 Å². The number of amides is 1. The highest BCUT2D eigenvalue weighted by molar-refractivity contribution is 6.31. The number of carbonyl (C=O) groups is 1. The van der Waals surface area contributed by atoms with Crippen molar-refractivity contribution in [2.75, 3.05) is 6.61 Å². The van der Waals surface area contributed by atoms with Crippen LogP contribution in [0.25, 0.3) is 0 Å². The predicted octanol–water partition coefficient (Wildman–Crippen LogP) is 2.22. The highest BCUT2D eigenvalue weighted by atomic mass is 35.5. The Morgan fingerprint density at radius 2 is 2.21 bits per heavy atom. The largest absolute Gasteiger partial charge is 0.447 e. The summed E-state index contributed by atoms with van der Waals surface area (Å²) in [7, 11) is 0. The summed E-state index contributed by atoms with van der Waals surface area (Å²) >= 11 is 6.04. The lowest BCUT2D eigenvalue weighted by atomic mass is 10.1. The monoisotopic (exact) mass is 209 g/mol. The average Bonchev–Trinajstić information content (AvgIpc) is 2.78. The number of carbonyl (C=O) groups excluding carboxylic acids is 1. The Kier molecular flexibility index (Phi) is 1.53. The molecule has 2 aliphatic heterocycles. The molecule has 1 amide bonds. The fourth-order valence-electron chi connectivity index (χ4n) is 2.00. The molecule has 1 aromatic rings. The van der Waals surface area contributed by atoms with Crippen LogP contribution >= 0.6 is 11.6 Å². The Hall–Kier alpha value is -1.22. The summed E-state index contributed by atoms with van der Waals surface area (Å²) in [6, 6.07) is 7.97. The van der Waals surface area contributed by atoms with E-state index < -0.39 is 0 Å². The molecule has 0 N–H and O–H groups in total. The second-order valence-electron chi connectivity index (χ2n) is 3.52. The zero-order valence-electron chi connectivity index (χ0n) is 7.31. The molecule has 0 radical (unpaired) electrons. The van der Waals surface area contributed by atoms with Crippen molar-refractivity contribution in [1.29, 1.82) is 0 Å². The number of fused-ring (bicyclic) bond motifs is 1. The first-order valence-electron chi connectivity index (χ1n) is 4.48. The summed E-state index contributed by atoms with van der Waals surface area (Å²) in [5.41, 5.74) is 1.02. The van der Waals surface area contributed by atoms with Crippen LogP contribution in [0.1, 0.15) is 11.6 Å². The van der Waals surface area contributed by atoms with Gasteiger partial charge in [0.05, 0.1) is 12.1 Å². The molecule has 4 heteroatoms. The van der Waals surface area contributed by atoms with Crippen molar-refractivity contribution in [1.82, 2.24) is 4.90 Å². The lowest BCUT2D eigenvalue weighted by molar-refractivity contribution is 0.155. The van der Waals surface area contributed by atoms with Crippen molar-refractivity contribution in [3.8, 4) is 0 Å². The van der Waals surface area contributed by atoms with Gasteiger partial charge < -0.3 is 4.74 Å². The maximum atomic E-state index is 11.2. The summed E-state index contributed by atoms with van der Waals surface area (Å²) in [5.74, 6) is 0. The minimum atomic E-state index is -0.222. The van der Waals surface area contributed by atoms with Gasteiger partial charge in [0.1, 0.15) is 6.61 Å². The minimum Gasteiger partial charge on any atom is -0.447 e. The number of benzene rings is 1. The van der Waals surface area contributed by atoms with Gasteiger partial charge in [0.2, 0.25) is 0 Å². The van der Waals surface area contributed by atoms with E-state index in [1.54, 1.807) is 4.90 Å². The van der Waals surface area contributed by atoms with Gasteiger partial charge in [-0.2, -0.15) is 0 Å². The van der Waals surface area contributed by atoms with Gasteiger partial charge in [-0.3, -0.25) is 4.90 Å². The van der Waals surface area contributed by atoms with Crippen molar-refractivity contribution in [3.63, 3.8) is 0 Å². The van der Waals surface area contributed by atoms with Crippen molar-refractivity contribution in [2.24, 2.45) is 0 Å². The second-order valence-corrected chi connectivity index (χ2v) is 3.93. The molecule has 1 aromatic carbocycles. The molecule has 72 valence electrons. The minimum absolute atomic E-state index is 0.143. The summed E-state index contributed by atoms with van der Waals surface area (Å²) < 4.78 is 4.85. The molecule has 2 heterocycles. The van der Waals surface area contributed by atoms with Gasteiger partial charge in [-0.05, 0) is 11.6 Å². The third-order valence-electron chi connectivity index (χ3n) is 2.74. The molecule has 2 aliphatic rings. The Morgan fingerprint density at radius 1 is 1.43 bits per heavy atom. The molecular formula is C10H8ClNO2. The maximum Gasteiger partial charge on any atom is 0.410 e. The maximum absolute atomic E-state index is 11.2. The van der Waals surface area contributed by atoms with E-state index in [9.17, 15) is 4.79 Å². The smallest absolute Gasteiger partial charge is 0.410 e. The lowest BCUT2D eigenvalue weighted by Crippen LogP contribution is -2.08. The van der Waals surface area contributed by atoms with Crippen LogP contribution in [0.4, 0.5) is 4.79 Å². The van der Waals surface area contributed by atoms with Crippen LogP contribution in [0.5, 0.6) is 0 Å². The third kappa shape index (κ3) is 0.960. The zero-order chi connectivity index (χ0) is 9.71. The average molecular weight is 210 g/mol. The highest BCUT2D eigenvalue weighted by Crippen LogP contribution is 2.49. The van der Waals surface area contributed by atoms with Crippen molar-refractivity contribution in [3.05, 3.63) is 34.9 Å². The summed E-state index contributed by atoms with van der Waals surface area (Å²) in [6.45, 7) is 0.495. The van der Waals surface area contributed by atoms with Crippen molar-refractivity contribution >= 4 is 17.7 Å². The van der Waals surface area contributed by atoms with Crippen molar-refractivity contribution < 1.29 is 9.53 Å². The number of hydrogen-bond acceptors (Lipinski definition) is 2. The summed E-state index contributed by atoms with van der Waals surface area (Å²) in [5, 5.41) is 0.722. The molecular weight excluding hydrogens is 202 g/mol. The van der Waals surface area contributed by atoms with Crippen LogP contribution in [0.3, 0.4) is 0 Å². The van der Waals surface area contributed by atoms with E-state index in [-0.39, 0.29) is 18.2 Å². The molecule has 0 saturated carbocycles. The van der Waals surface area contributed by atoms with Crippen LogP contribution in [-0.4, -0.2) is 23.6 Å². The number of cyclic esters (lactones) is 1. The standard InChI is InChI=1S/C10H8ClNO2/c11-7-4-2-1-3-6(7)9-8-5-14-10(13)12(8)9/h1-4,8-9H,5H2/t8-,9-,12?/m1/s1. The Labute approximate surface area is 86.2 Å². The molecule has 0 spiro atoms. The van der Waals surface area contributed by atoms with Gasteiger partial charge in [0.15, 0.2) is 0 Å². The first kappa shape index (κ1) is 8.12. The van der Waals surface area contributed by atoms with Gasteiger partial charge in [-0.15, -0.1) is 0 Å². The fourth-order valence-corrected chi connectivity index (χ4v) is 2.25. The number of hydrogen-bond donors (Lipinski definition) is 0. The number of rotatable bonds is 1. The normalized spacial score (nSPS) is 28.6. The van der Waals surface area contributed by atoms with Crippen LogP contribution in [0, 0.1) is 0 Å². The Morgan fingerprint density at radius 3 is 2.86 bits per heavy atom. The van der Waals surface area contributed by atoms with Crippen LogP contribution in [0.2, 0.25) is 5.02 Å². The zero-order valence-corrected chi connectivity index (χ0v) is 8.07. The van der Waals surface area contributed by atoms with E-state index >= 15 is 0 Å². The molecule has 2 atom stereocenters. The van der Waals surface area contributed by atoms with E-state index in [2.05, 4.69) is 0 Å². The molecule has 3 nitrogen and oxygen atoms in total. The van der Waals surface area contributed by atoms with Gasteiger partial charge in [-0.1, -0.05) is 29.8 Å². The molecule has 0 aromatic heterocycles. The first-order valence-corrected chi connectivity index (χ1v) is 4.86. The van der Waals surface area contributed by atoms with Gasteiger partial charge >= 0.3 is 6.09 Å². The van der Waals surface area contributed by atoms with E-state index in [4.69, 9.17) is 16.3 Å². The summed E-state index contributed by atoms with van der Waals surface area (Å²) in [4.78, 5) is 12.9. The topological polar surface area (TPSA) is 29.3 Å². The molecule has 14 heavy (non-hydrogen) atoms.